The third-order valence-corrected chi connectivity index (χ3v) is 7.55. The van der Waals surface area contributed by atoms with Gasteiger partial charge in [0.15, 0.2) is 0 Å². The summed E-state index contributed by atoms with van der Waals surface area (Å²) in [6.07, 6.45) is 9.01. The molecule has 3 N–H and O–H groups in total. The second kappa shape index (κ2) is 12.0. The van der Waals surface area contributed by atoms with E-state index in [4.69, 9.17) is 16.6 Å². The van der Waals surface area contributed by atoms with Gasteiger partial charge in [0.05, 0.1) is 23.4 Å². The molecule has 1 aliphatic carbocycles. The molecular weight excluding hydrogens is 568 g/mol. The number of benzene rings is 2. The van der Waals surface area contributed by atoms with Crippen LogP contribution in [0.25, 0.3) is 11.3 Å². The number of hydrogen-bond acceptors (Lipinski definition) is 7. The van der Waals surface area contributed by atoms with Gasteiger partial charge in [0.1, 0.15) is 28.8 Å². The molecule has 0 radical (unpaired) electrons. The molecule has 0 saturated carbocycles. The summed E-state index contributed by atoms with van der Waals surface area (Å²) >= 11 is 6.63. The van der Waals surface area contributed by atoms with Gasteiger partial charge in [-0.3, -0.25) is 9.59 Å². The highest BCUT2D eigenvalue weighted by Gasteiger charge is 2.28. The number of dihydropyridines is 1. The standard InChI is InChI=1S/C31H27ClN8O3/c1-18-7-11-25(40-17-33-38-39-40)20(13-18)9-12-27(42)35-24(14-19-5-3-2-4-6-19)31-36-29(30(32)37-31)21-8-10-23-22(15-21)26(41)16-28(43)34-23/h2-8,10-11,13,15-17,22,24,41H,9,12,14H2,1H3,(H,35,42)(H,36,37)/t22?,24-/m0/s1. The highest BCUT2D eigenvalue weighted by molar-refractivity contribution is 6.31. The smallest absolute Gasteiger partial charge is 0.273 e. The van der Waals surface area contributed by atoms with Gasteiger partial charge in [-0.2, -0.15) is 0 Å². The van der Waals surface area contributed by atoms with Gasteiger partial charge in [0.25, 0.3) is 5.91 Å². The fourth-order valence-electron chi connectivity index (χ4n) is 5.19. The van der Waals surface area contributed by atoms with Gasteiger partial charge in [0, 0.05) is 18.1 Å². The van der Waals surface area contributed by atoms with Gasteiger partial charge in [0.2, 0.25) is 5.91 Å². The summed E-state index contributed by atoms with van der Waals surface area (Å²) in [6, 6.07) is 15.2. The largest absolute Gasteiger partial charge is 0.511 e. The lowest BCUT2D eigenvalue weighted by atomic mass is 9.89. The molecule has 11 nitrogen and oxygen atoms in total. The molecule has 3 heterocycles. The first kappa shape index (κ1) is 28.0. The van der Waals surface area contributed by atoms with Crippen molar-refractivity contribution in [1.82, 2.24) is 35.5 Å². The van der Waals surface area contributed by atoms with Crippen molar-refractivity contribution in [3.63, 3.8) is 0 Å². The van der Waals surface area contributed by atoms with Crippen molar-refractivity contribution in [3.05, 3.63) is 118 Å². The van der Waals surface area contributed by atoms with E-state index in [-0.39, 0.29) is 18.1 Å². The summed E-state index contributed by atoms with van der Waals surface area (Å²) in [5.41, 5.74) is 5.43. The molecule has 2 aliphatic rings. The van der Waals surface area contributed by atoms with Crippen molar-refractivity contribution >= 4 is 34.7 Å². The van der Waals surface area contributed by atoms with Crippen molar-refractivity contribution in [3.8, 4) is 5.69 Å². The number of hydrogen-bond donors (Lipinski definition) is 3. The third-order valence-electron chi connectivity index (χ3n) is 7.28. The molecule has 0 fully saturated rings. The van der Waals surface area contributed by atoms with E-state index in [0.29, 0.717) is 40.8 Å². The normalized spacial score (nSPS) is 16.7. The molecule has 2 aromatic heterocycles. The van der Waals surface area contributed by atoms with Crippen LogP contribution in [-0.2, 0) is 22.4 Å². The molecule has 12 heteroatoms. The van der Waals surface area contributed by atoms with Crippen LogP contribution in [0.2, 0.25) is 5.15 Å². The number of fused-ring (bicyclic) bond motifs is 1. The number of tetrazole rings is 1. The Morgan fingerprint density at radius 3 is 2.81 bits per heavy atom. The Morgan fingerprint density at radius 1 is 1.19 bits per heavy atom. The summed E-state index contributed by atoms with van der Waals surface area (Å²) in [5.74, 6) is -0.810. The molecule has 2 atom stereocenters. The monoisotopic (exact) mass is 594 g/mol. The number of halogens is 1. The number of imidazole rings is 1. The molecule has 0 bridgehead atoms. The number of carbonyl (C=O) groups is 2. The number of nitrogens with zero attached hydrogens (tertiary/aromatic N) is 6. The molecule has 4 aromatic rings. The molecule has 0 spiro atoms. The molecule has 2 aromatic carbocycles. The van der Waals surface area contributed by atoms with E-state index >= 15 is 0 Å². The lowest BCUT2D eigenvalue weighted by molar-refractivity contribution is -0.121. The van der Waals surface area contributed by atoms with E-state index in [1.54, 1.807) is 22.9 Å². The predicted molar refractivity (Wildman–Crippen MR) is 161 cm³/mol. The molecule has 0 saturated heterocycles. The average Bonchev–Trinajstić information content (AvgIpc) is 3.66. The van der Waals surface area contributed by atoms with Crippen LogP contribution < -0.4 is 5.32 Å². The molecule has 1 aliphatic heterocycles. The van der Waals surface area contributed by atoms with Crippen molar-refractivity contribution in [2.24, 2.45) is 10.9 Å². The van der Waals surface area contributed by atoms with Gasteiger partial charge < -0.3 is 15.4 Å². The van der Waals surface area contributed by atoms with E-state index < -0.39 is 17.9 Å². The fraction of sp³-hybridized carbons (Fsp3) is 0.194. The summed E-state index contributed by atoms with van der Waals surface area (Å²) in [6.45, 7) is 2.00. The minimum atomic E-state index is -0.562. The highest BCUT2D eigenvalue weighted by atomic mass is 35.5. The van der Waals surface area contributed by atoms with Crippen LogP contribution in [0.5, 0.6) is 0 Å². The van der Waals surface area contributed by atoms with Crippen LogP contribution in [0.3, 0.4) is 0 Å². The number of aliphatic hydroxyl groups excluding tert-OH is 1. The fourth-order valence-corrected chi connectivity index (χ4v) is 5.44. The third kappa shape index (κ3) is 6.21. The SMILES string of the molecule is Cc1ccc(-n2cnnn2)c(CCC(=O)N[C@@H](Cc2ccccc2)c2nc(C3=CC4C(O)=CC(=O)N=C4C=C3)c(Cl)[nH]2)c1. The van der Waals surface area contributed by atoms with Crippen molar-refractivity contribution in [2.45, 2.75) is 32.2 Å². The number of carbonyl (C=O) groups excluding carboxylic acids is 2. The Kier molecular flexibility index (Phi) is 7.80. The summed E-state index contributed by atoms with van der Waals surface area (Å²) in [5, 5.41) is 25.2. The van der Waals surface area contributed by atoms with Gasteiger partial charge in [-0.25, -0.2) is 14.7 Å². The Bertz CT molecular complexity index is 1810. The van der Waals surface area contributed by atoms with Crippen molar-refractivity contribution < 1.29 is 14.7 Å². The number of rotatable bonds is 9. The Balaban J connectivity index is 1.23. The zero-order valence-corrected chi connectivity index (χ0v) is 23.9. The Morgan fingerprint density at radius 2 is 2.02 bits per heavy atom. The minimum absolute atomic E-state index is 0.0881. The Labute approximate surface area is 251 Å². The number of aliphatic imine (C=N–C) groups is 1. The molecular formula is C31H27ClN8O3. The van der Waals surface area contributed by atoms with Gasteiger partial charge >= 0.3 is 0 Å². The number of amides is 2. The van der Waals surface area contributed by atoms with E-state index in [2.05, 4.69) is 30.8 Å². The van der Waals surface area contributed by atoms with Crippen LogP contribution in [0.15, 0.2) is 89.9 Å². The summed E-state index contributed by atoms with van der Waals surface area (Å²) < 4.78 is 1.58. The second-order valence-corrected chi connectivity index (χ2v) is 10.7. The molecule has 216 valence electrons. The summed E-state index contributed by atoms with van der Waals surface area (Å²) in [4.78, 5) is 37.0. The molecule has 1 unspecified atom stereocenters. The quantitative estimate of drug-likeness (QED) is 0.260. The number of aliphatic hydroxyl groups is 1. The van der Waals surface area contributed by atoms with E-state index in [0.717, 1.165) is 28.5 Å². The first-order chi connectivity index (χ1) is 20.8. The minimum Gasteiger partial charge on any atom is -0.511 e. The number of H-pyrrole nitrogens is 1. The zero-order valence-electron chi connectivity index (χ0n) is 23.1. The Hall–Kier alpha value is -5.16. The van der Waals surface area contributed by atoms with Gasteiger partial charge in [-0.05, 0) is 53.5 Å². The molecule has 6 rings (SSSR count). The van der Waals surface area contributed by atoms with E-state index in [9.17, 15) is 14.7 Å². The first-order valence-electron chi connectivity index (χ1n) is 13.7. The van der Waals surface area contributed by atoms with E-state index in [1.165, 1.54) is 6.33 Å². The predicted octanol–water partition coefficient (Wildman–Crippen LogP) is 4.37. The number of aromatic nitrogens is 6. The average molecular weight is 595 g/mol. The zero-order chi connectivity index (χ0) is 29.9. The maximum atomic E-state index is 13.4. The maximum absolute atomic E-state index is 13.4. The number of aromatic amines is 1. The number of aryl methyl sites for hydroxylation is 2. The number of allylic oxidation sites excluding steroid dienone is 4. The first-order valence-corrected chi connectivity index (χ1v) is 14.1. The molecule has 2 amide bonds. The van der Waals surface area contributed by atoms with Crippen LogP contribution in [0.1, 0.15) is 40.7 Å². The summed E-state index contributed by atoms with van der Waals surface area (Å²) in [7, 11) is 0. The van der Waals surface area contributed by atoms with Gasteiger partial charge in [-0.1, -0.05) is 71.8 Å². The lowest BCUT2D eigenvalue weighted by Gasteiger charge is -2.20. The highest BCUT2D eigenvalue weighted by Crippen LogP contribution is 2.32. The van der Waals surface area contributed by atoms with Crippen LogP contribution in [0, 0.1) is 12.8 Å². The van der Waals surface area contributed by atoms with E-state index in [1.807, 2.05) is 55.5 Å². The second-order valence-electron chi connectivity index (χ2n) is 10.4. The topological polar surface area (TPSA) is 151 Å². The van der Waals surface area contributed by atoms with Crippen LogP contribution in [0.4, 0.5) is 0 Å². The lowest BCUT2D eigenvalue weighted by Crippen LogP contribution is -2.31. The van der Waals surface area contributed by atoms with Crippen LogP contribution >= 0.6 is 11.6 Å². The van der Waals surface area contributed by atoms with Crippen molar-refractivity contribution in [1.29, 1.82) is 0 Å². The maximum Gasteiger partial charge on any atom is 0.273 e. The van der Waals surface area contributed by atoms with Crippen LogP contribution in [-0.4, -0.2) is 52.8 Å². The number of nitrogens with one attached hydrogen (secondary N) is 2. The molecule has 43 heavy (non-hydrogen) atoms. The van der Waals surface area contributed by atoms with Crippen molar-refractivity contribution in [2.75, 3.05) is 0 Å². The van der Waals surface area contributed by atoms with Gasteiger partial charge in [-0.15, -0.1) is 5.10 Å².